The number of likely N-dealkylation sites (N-methyl/N-ethyl adjacent to an activating group) is 1. The van der Waals surface area contributed by atoms with E-state index in [-0.39, 0.29) is 11.3 Å². The van der Waals surface area contributed by atoms with Crippen molar-refractivity contribution in [3.05, 3.63) is 107 Å². The first-order chi connectivity index (χ1) is 16.9. The Hall–Kier alpha value is -3.90. The number of Topliss-reactive ketones (excluding diaryl/α,β-unsaturated/α-hetero) is 1. The average molecular weight is 471 g/mol. The molecule has 180 valence electrons. The number of hydrogen-bond acceptors (Lipinski definition) is 5. The van der Waals surface area contributed by atoms with Gasteiger partial charge in [-0.3, -0.25) is 9.59 Å². The topological polar surface area (TPSA) is 70.1 Å². The van der Waals surface area contributed by atoms with E-state index in [9.17, 15) is 14.7 Å². The van der Waals surface area contributed by atoms with Gasteiger partial charge in [-0.15, -0.1) is 0 Å². The van der Waals surface area contributed by atoms with Crippen LogP contribution in [0, 0.1) is 6.92 Å². The van der Waals surface area contributed by atoms with Crippen LogP contribution in [-0.4, -0.2) is 53.8 Å². The van der Waals surface area contributed by atoms with Crippen molar-refractivity contribution < 1.29 is 19.4 Å². The minimum Gasteiger partial charge on any atom is -0.507 e. The van der Waals surface area contributed by atoms with Gasteiger partial charge in [0.15, 0.2) is 0 Å². The van der Waals surface area contributed by atoms with Gasteiger partial charge in [-0.25, -0.2) is 0 Å². The Morgan fingerprint density at radius 1 is 0.971 bits per heavy atom. The molecule has 0 unspecified atom stereocenters. The predicted octanol–water partition coefficient (Wildman–Crippen LogP) is 4.56. The van der Waals surface area contributed by atoms with Gasteiger partial charge >= 0.3 is 0 Å². The number of hydrogen-bond donors (Lipinski definition) is 1. The molecule has 1 aliphatic rings. The maximum absolute atomic E-state index is 13.1. The summed E-state index contributed by atoms with van der Waals surface area (Å²) in [5.41, 5.74) is 3.20. The minimum absolute atomic E-state index is 0.112. The largest absolute Gasteiger partial charge is 0.507 e. The highest BCUT2D eigenvalue weighted by Gasteiger charge is 2.45. The van der Waals surface area contributed by atoms with Crippen molar-refractivity contribution in [2.75, 3.05) is 27.2 Å². The van der Waals surface area contributed by atoms with Crippen LogP contribution in [-0.2, 0) is 16.2 Å². The van der Waals surface area contributed by atoms with Crippen LogP contribution in [0.1, 0.15) is 28.3 Å². The number of carbonyl (C=O) groups excluding carboxylic acids is 2. The summed E-state index contributed by atoms with van der Waals surface area (Å²) in [7, 11) is 3.83. The fourth-order valence-corrected chi connectivity index (χ4v) is 4.28. The molecule has 0 spiro atoms. The van der Waals surface area contributed by atoms with E-state index >= 15 is 0 Å². The third kappa shape index (κ3) is 5.28. The lowest BCUT2D eigenvalue weighted by Crippen LogP contribution is -2.35. The number of amides is 1. The second-order valence-corrected chi connectivity index (χ2v) is 8.96. The molecule has 0 bridgehead atoms. The Kier molecular flexibility index (Phi) is 7.32. The van der Waals surface area contributed by atoms with Crippen molar-refractivity contribution in [3.63, 3.8) is 0 Å². The lowest BCUT2D eigenvalue weighted by Gasteiger charge is -2.26. The molecule has 0 saturated carbocycles. The van der Waals surface area contributed by atoms with Crippen molar-refractivity contribution >= 4 is 17.4 Å². The monoisotopic (exact) mass is 470 g/mol. The Balaban J connectivity index is 1.68. The highest BCUT2D eigenvalue weighted by atomic mass is 16.5. The van der Waals surface area contributed by atoms with Gasteiger partial charge in [0.25, 0.3) is 11.7 Å². The molecule has 1 fully saturated rings. The van der Waals surface area contributed by atoms with E-state index in [0.717, 1.165) is 16.7 Å². The van der Waals surface area contributed by atoms with Gasteiger partial charge < -0.3 is 19.6 Å². The van der Waals surface area contributed by atoms with Crippen LogP contribution in [0.25, 0.3) is 5.76 Å². The molecule has 1 saturated heterocycles. The average Bonchev–Trinajstić information content (AvgIpc) is 3.12. The number of ketones is 1. The number of ether oxygens (including phenoxy) is 1. The quantitative estimate of drug-likeness (QED) is 0.297. The summed E-state index contributed by atoms with van der Waals surface area (Å²) in [6.45, 7) is 3.25. The molecule has 1 N–H and O–H groups in total. The fourth-order valence-electron chi connectivity index (χ4n) is 4.28. The van der Waals surface area contributed by atoms with Crippen LogP contribution < -0.4 is 4.74 Å². The second-order valence-electron chi connectivity index (χ2n) is 8.96. The molecular formula is C29H30N2O4. The van der Waals surface area contributed by atoms with Crippen LogP contribution in [0.15, 0.2) is 84.4 Å². The van der Waals surface area contributed by atoms with Crippen molar-refractivity contribution in [2.24, 2.45) is 0 Å². The summed E-state index contributed by atoms with van der Waals surface area (Å²) in [5.74, 6) is -0.771. The van der Waals surface area contributed by atoms with E-state index in [1.54, 1.807) is 17.0 Å². The highest BCUT2D eigenvalue weighted by Crippen LogP contribution is 2.40. The molecular weight excluding hydrogens is 440 g/mol. The highest BCUT2D eigenvalue weighted by molar-refractivity contribution is 6.46. The molecule has 1 aliphatic heterocycles. The number of likely N-dealkylation sites (tertiary alicyclic amines) is 1. The molecule has 1 atom stereocenters. The first-order valence-electron chi connectivity index (χ1n) is 11.6. The van der Waals surface area contributed by atoms with Crippen LogP contribution in [0.3, 0.4) is 0 Å². The first kappa shape index (κ1) is 24.2. The Morgan fingerprint density at radius 3 is 2.26 bits per heavy atom. The number of rotatable bonds is 8. The zero-order valence-electron chi connectivity index (χ0n) is 20.3. The number of carbonyl (C=O) groups is 2. The van der Waals surface area contributed by atoms with Gasteiger partial charge in [-0.1, -0.05) is 60.7 Å². The summed E-state index contributed by atoms with van der Waals surface area (Å²) in [6.07, 6.45) is 0. The predicted molar refractivity (Wildman–Crippen MR) is 136 cm³/mol. The fraction of sp³-hybridized carbons (Fsp3) is 0.241. The van der Waals surface area contributed by atoms with Crippen molar-refractivity contribution in [1.29, 1.82) is 0 Å². The summed E-state index contributed by atoms with van der Waals surface area (Å²) >= 11 is 0. The Morgan fingerprint density at radius 2 is 1.63 bits per heavy atom. The van der Waals surface area contributed by atoms with E-state index < -0.39 is 17.7 Å². The molecule has 1 amide bonds. The van der Waals surface area contributed by atoms with E-state index in [0.29, 0.717) is 31.0 Å². The maximum Gasteiger partial charge on any atom is 0.295 e. The molecule has 4 rings (SSSR count). The molecule has 6 heteroatoms. The number of aryl methyl sites for hydroxylation is 1. The van der Waals surface area contributed by atoms with E-state index in [1.165, 1.54) is 0 Å². The normalized spacial score (nSPS) is 17.3. The van der Waals surface area contributed by atoms with Crippen molar-refractivity contribution in [1.82, 2.24) is 9.80 Å². The lowest BCUT2D eigenvalue weighted by molar-refractivity contribution is -0.140. The minimum atomic E-state index is -0.668. The van der Waals surface area contributed by atoms with Crippen molar-refractivity contribution in [3.8, 4) is 5.75 Å². The summed E-state index contributed by atoms with van der Waals surface area (Å²) in [5, 5.41) is 11.3. The summed E-state index contributed by atoms with van der Waals surface area (Å²) in [4.78, 5) is 29.7. The van der Waals surface area contributed by atoms with E-state index in [2.05, 4.69) is 0 Å². The maximum atomic E-state index is 13.1. The standard InChI is InChI=1S/C29H30N2O4/c1-20-18-23(35-19-21-10-6-4-7-11-21)14-15-24(20)27(32)25-26(22-12-8-5-9-13-22)31(17-16-30(2)3)29(34)28(25)33/h4-15,18,26,32H,16-17,19H2,1-3H3/t26-/m0/s1. The van der Waals surface area contributed by atoms with E-state index in [4.69, 9.17) is 4.74 Å². The molecule has 0 aliphatic carbocycles. The Labute approximate surface area is 206 Å². The number of nitrogens with zero attached hydrogens (tertiary/aromatic N) is 2. The SMILES string of the molecule is Cc1cc(OCc2ccccc2)ccc1C(O)=C1C(=O)C(=O)N(CCN(C)C)[C@H]1c1ccccc1. The third-order valence-electron chi connectivity index (χ3n) is 6.14. The van der Waals surface area contributed by atoms with Gasteiger partial charge in [0.2, 0.25) is 0 Å². The van der Waals surface area contributed by atoms with Gasteiger partial charge in [-0.05, 0) is 55.9 Å². The lowest BCUT2D eigenvalue weighted by atomic mass is 9.94. The second kappa shape index (κ2) is 10.6. The van der Waals surface area contributed by atoms with Crippen LogP contribution in [0.2, 0.25) is 0 Å². The zero-order chi connectivity index (χ0) is 24.9. The van der Waals surface area contributed by atoms with Crippen LogP contribution >= 0.6 is 0 Å². The smallest absolute Gasteiger partial charge is 0.295 e. The summed E-state index contributed by atoms with van der Waals surface area (Å²) in [6, 6.07) is 23.9. The molecule has 3 aromatic carbocycles. The number of aliphatic hydroxyl groups is 1. The van der Waals surface area contributed by atoms with Gasteiger partial charge in [0.05, 0.1) is 11.6 Å². The molecule has 0 aromatic heterocycles. The number of benzene rings is 3. The van der Waals surface area contributed by atoms with Gasteiger partial charge in [-0.2, -0.15) is 0 Å². The van der Waals surface area contributed by atoms with Gasteiger partial charge in [0.1, 0.15) is 18.1 Å². The zero-order valence-corrected chi connectivity index (χ0v) is 20.3. The molecule has 3 aromatic rings. The van der Waals surface area contributed by atoms with Gasteiger partial charge in [0, 0.05) is 18.7 Å². The van der Waals surface area contributed by atoms with E-state index in [1.807, 2.05) is 92.6 Å². The molecule has 35 heavy (non-hydrogen) atoms. The first-order valence-corrected chi connectivity index (χ1v) is 11.6. The molecule has 1 heterocycles. The Bertz CT molecular complexity index is 1240. The number of aliphatic hydroxyl groups excluding tert-OH is 1. The summed E-state index contributed by atoms with van der Waals surface area (Å²) < 4.78 is 5.90. The third-order valence-corrected chi connectivity index (χ3v) is 6.14. The van der Waals surface area contributed by atoms with Crippen molar-refractivity contribution in [2.45, 2.75) is 19.6 Å². The molecule has 6 nitrogen and oxygen atoms in total. The molecule has 0 radical (unpaired) electrons. The van der Waals surface area contributed by atoms with Crippen LogP contribution in [0.4, 0.5) is 0 Å². The van der Waals surface area contributed by atoms with Crippen LogP contribution in [0.5, 0.6) is 5.75 Å².